The maximum atomic E-state index is 13.0. The summed E-state index contributed by atoms with van der Waals surface area (Å²) in [6.07, 6.45) is 0. The second kappa shape index (κ2) is 8.83. The van der Waals surface area contributed by atoms with Crippen molar-refractivity contribution in [1.82, 2.24) is 0 Å². The number of methoxy groups -OCH3 is 1. The van der Waals surface area contributed by atoms with E-state index in [2.05, 4.69) is 5.32 Å². The van der Waals surface area contributed by atoms with Crippen molar-refractivity contribution in [1.29, 1.82) is 0 Å². The molecule has 1 aliphatic heterocycles. The molecular weight excluding hydrogens is 392 g/mol. The average Bonchev–Trinajstić information content (AvgIpc) is 3.13. The minimum atomic E-state index is -0.601. The third-order valence-electron chi connectivity index (χ3n) is 5.05. The Morgan fingerprint density at radius 1 is 1.00 bits per heavy atom. The smallest absolute Gasteiger partial charge is 0.337 e. The van der Waals surface area contributed by atoms with Crippen molar-refractivity contribution in [3.05, 3.63) is 89.5 Å². The highest BCUT2D eigenvalue weighted by molar-refractivity contribution is 6.24. The van der Waals surface area contributed by atoms with Crippen LogP contribution in [0.4, 0.5) is 11.4 Å². The molecule has 1 heterocycles. The summed E-state index contributed by atoms with van der Waals surface area (Å²) >= 11 is 0. The maximum Gasteiger partial charge on any atom is 0.337 e. The standard InChI is InChI=1S/C25H22N2O4/c1-3-31-19-12-10-18(11-13-19)26-23(16-7-5-4-6-8-16)22-20-14-9-17(25(29)30-2)15-21(20)27-24(22)28/h4-15,22H,3H2,1-2H3,(H,27,28). The highest BCUT2D eigenvalue weighted by atomic mass is 16.5. The predicted molar refractivity (Wildman–Crippen MR) is 119 cm³/mol. The lowest BCUT2D eigenvalue weighted by atomic mass is 9.90. The van der Waals surface area contributed by atoms with E-state index in [4.69, 9.17) is 14.5 Å². The molecule has 4 rings (SSSR count). The Labute approximate surface area is 180 Å². The fraction of sp³-hybridized carbons (Fsp3) is 0.160. The Morgan fingerprint density at radius 2 is 1.74 bits per heavy atom. The normalized spacial score (nSPS) is 15.2. The number of aliphatic imine (C=N–C) groups is 1. The lowest BCUT2D eigenvalue weighted by molar-refractivity contribution is -0.115. The molecule has 0 bridgehead atoms. The van der Waals surface area contributed by atoms with Crippen LogP contribution in [0.1, 0.15) is 34.3 Å². The molecule has 6 nitrogen and oxygen atoms in total. The molecule has 0 radical (unpaired) electrons. The first kappa shape index (κ1) is 20.3. The molecule has 0 aromatic heterocycles. The van der Waals surface area contributed by atoms with Crippen LogP contribution in [0.25, 0.3) is 0 Å². The van der Waals surface area contributed by atoms with E-state index in [1.54, 1.807) is 18.2 Å². The molecular formula is C25H22N2O4. The molecule has 3 aromatic carbocycles. The molecule has 0 fully saturated rings. The van der Waals surface area contributed by atoms with Crippen LogP contribution >= 0.6 is 0 Å². The summed E-state index contributed by atoms with van der Waals surface area (Å²) in [5, 5.41) is 2.88. The molecule has 6 heteroatoms. The number of ether oxygens (including phenoxy) is 2. The van der Waals surface area contributed by atoms with Crippen LogP contribution in [-0.4, -0.2) is 31.3 Å². The summed E-state index contributed by atoms with van der Waals surface area (Å²) in [6, 6.07) is 22.1. The number of nitrogens with one attached hydrogen (secondary N) is 1. The first-order chi connectivity index (χ1) is 15.1. The fourth-order valence-electron chi connectivity index (χ4n) is 3.61. The number of hydrogen-bond acceptors (Lipinski definition) is 5. The zero-order valence-corrected chi connectivity index (χ0v) is 17.3. The number of benzene rings is 3. The van der Waals surface area contributed by atoms with Gasteiger partial charge in [-0.3, -0.25) is 9.79 Å². The van der Waals surface area contributed by atoms with Gasteiger partial charge in [-0.1, -0.05) is 36.4 Å². The summed E-state index contributed by atoms with van der Waals surface area (Å²) in [7, 11) is 1.33. The molecule has 1 N–H and O–H groups in total. The third-order valence-corrected chi connectivity index (χ3v) is 5.05. The second-order valence-corrected chi connectivity index (χ2v) is 7.01. The van der Waals surface area contributed by atoms with Crippen LogP contribution in [0.5, 0.6) is 5.75 Å². The monoisotopic (exact) mass is 414 g/mol. The first-order valence-corrected chi connectivity index (χ1v) is 10.0. The molecule has 156 valence electrons. The van der Waals surface area contributed by atoms with E-state index >= 15 is 0 Å². The first-order valence-electron chi connectivity index (χ1n) is 10.0. The van der Waals surface area contributed by atoms with Crippen molar-refractivity contribution in [2.24, 2.45) is 4.99 Å². The summed E-state index contributed by atoms with van der Waals surface area (Å²) < 4.78 is 10.3. The molecule has 0 saturated heterocycles. The molecule has 0 spiro atoms. The highest BCUT2D eigenvalue weighted by Gasteiger charge is 2.35. The van der Waals surface area contributed by atoms with Crippen LogP contribution in [0.15, 0.2) is 77.8 Å². The van der Waals surface area contributed by atoms with E-state index in [9.17, 15) is 9.59 Å². The van der Waals surface area contributed by atoms with Gasteiger partial charge in [-0.2, -0.15) is 0 Å². The predicted octanol–water partition coefficient (Wildman–Crippen LogP) is 4.73. The number of esters is 1. The maximum absolute atomic E-state index is 13.0. The number of fused-ring (bicyclic) bond motifs is 1. The quantitative estimate of drug-likeness (QED) is 0.467. The Bertz CT molecular complexity index is 1140. The van der Waals surface area contributed by atoms with Crippen molar-refractivity contribution >= 4 is 29.0 Å². The Morgan fingerprint density at radius 3 is 2.42 bits per heavy atom. The van der Waals surface area contributed by atoms with Gasteiger partial charge in [0.1, 0.15) is 11.7 Å². The topological polar surface area (TPSA) is 77.0 Å². The van der Waals surface area contributed by atoms with Gasteiger partial charge >= 0.3 is 5.97 Å². The molecule has 3 aromatic rings. The van der Waals surface area contributed by atoms with Gasteiger partial charge in [0.2, 0.25) is 5.91 Å². The number of carbonyl (C=O) groups is 2. The number of hydrogen-bond donors (Lipinski definition) is 1. The molecule has 0 saturated carbocycles. The van der Waals surface area contributed by atoms with E-state index in [0.717, 1.165) is 22.6 Å². The molecule has 1 atom stereocenters. The van der Waals surface area contributed by atoms with Crippen molar-refractivity contribution in [3.63, 3.8) is 0 Å². The average molecular weight is 414 g/mol. The summed E-state index contributed by atoms with van der Waals surface area (Å²) in [4.78, 5) is 29.7. The summed E-state index contributed by atoms with van der Waals surface area (Å²) in [5.41, 5.74) is 3.94. The van der Waals surface area contributed by atoms with E-state index in [1.165, 1.54) is 7.11 Å². The molecule has 1 aliphatic rings. The number of amides is 1. The van der Waals surface area contributed by atoms with Crippen molar-refractivity contribution in [2.45, 2.75) is 12.8 Å². The van der Waals surface area contributed by atoms with Crippen molar-refractivity contribution < 1.29 is 19.1 Å². The van der Waals surface area contributed by atoms with Gasteiger partial charge in [0.05, 0.1) is 30.7 Å². The van der Waals surface area contributed by atoms with E-state index in [1.807, 2.05) is 61.5 Å². The van der Waals surface area contributed by atoms with Gasteiger partial charge in [0, 0.05) is 5.69 Å². The van der Waals surface area contributed by atoms with E-state index in [0.29, 0.717) is 23.6 Å². The van der Waals surface area contributed by atoms with E-state index < -0.39 is 11.9 Å². The van der Waals surface area contributed by atoms with Crippen LogP contribution in [0.3, 0.4) is 0 Å². The minimum absolute atomic E-state index is 0.189. The van der Waals surface area contributed by atoms with Gasteiger partial charge in [-0.25, -0.2) is 4.79 Å². The van der Waals surface area contributed by atoms with Crippen molar-refractivity contribution in [3.8, 4) is 5.75 Å². The van der Waals surface area contributed by atoms with Crippen LogP contribution < -0.4 is 10.1 Å². The van der Waals surface area contributed by atoms with Gasteiger partial charge in [0.15, 0.2) is 0 Å². The molecule has 1 unspecified atom stereocenters. The molecule has 31 heavy (non-hydrogen) atoms. The van der Waals surface area contributed by atoms with Crippen LogP contribution in [0, 0.1) is 0 Å². The second-order valence-electron chi connectivity index (χ2n) is 7.01. The molecule has 0 aliphatic carbocycles. The highest BCUT2D eigenvalue weighted by Crippen LogP contribution is 2.37. The number of rotatable bonds is 6. The van der Waals surface area contributed by atoms with Gasteiger partial charge in [-0.15, -0.1) is 0 Å². The zero-order chi connectivity index (χ0) is 21.8. The SMILES string of the molecule is CCOc1ccc(N=C(c2ccccc2)C2C(=O)Nc3cc(C(=O)OC)ccc32)cc1. The third kappa shape index (κ3) is 4.19. The number of nitrogens with zero attached hydrogens (tertiary/aromatic N) is 1. The number of anilines is 1. The lowest BCUT2D eigenvalue weighted by Gasteiger charge is -2.14. The van der Waals surface area contributed by atoms with Gasteiger partial charge < -0.3 is 14.8 Å². The lowest BCUT2D eigenvalue weighted by Crippen LogP contribution is -2.21. The number of carbonyl (C=O) groups excluding carboxylic acids is 2. The van der Waals surface area contributed by atoms with Gasteiger partial charge in [-0.05, 0) is 54.4 Å². The fourth-order valence-corrected chi connectivity index (χ4v) is 3.61. The summed E-state index contributed by atoms with van der Waals surface area (Å²) in [6.45, 7) is 2.52. The van der Waals surface area contributed by atoms with Crippen molar-refractivity contribution in [2.75, 3.05) is 19.0 Å². The summed E-state index contributed by atoms with van der Waals surface area (Å²) in [5.74, 6) is -0.477. The van der Waals surface area contributed by atoms with E-state index in [-0.39, 0.29) is 5.91 Å². The largest absolute Gasteiger partial charge is 0.494 e. The molecule has 1 amide bonds. The minimum Gasteiger partial charge on any atom is -0.494 e. The Hall–Kier alpha value is -3.93. The van der Waals surface area contributed by atoms with Crippen LogP contribution in [-0.2, 0) is 9.53 Å². The van der Waals surface area contributed by atoms with Gasteiger partial charge in [0.25, 0.3) is 0 Å². The zero-order valence-electron chi connectivity index (χ0n) is 17.3. The van der Waals surface area contributed by atoms with Crippen LogP contribution in [0.2, 0.25) is 0 Å². The Kier molecular flexibility index (Phi) is 5.80. The Balaban J connectivity index is 1.78.